The van der Waals surface area contributed by atoms with Gasteiger partial charge in [-0.25, -0.2) is 8.42 Å². The SMILES string of the molecule is N[C@H](CO)c1ccc(S(=O)(=O)c2ccc(Cl)cc2)cc1. The van der Waals surface area contributed by atoms with Gasteiger partial charge in [0, 0.05) is 5.02 Å². The predicted octanol–water partition coefficient (Wildman–Crippen LogP) is 2.16. The van der Waals surface area contributed by atoms with Crippen LogP contribution >= 0.6 is 11.6 Å². The lowest BCUT2D eigenvalue weighted by molar-refractivity contribution is 0.268. The fraction of sp³-hybridized carbons (Fsp3) is 0.143. The smallest absolute Gasteiger partial charge is 0.206 e. The molecule has 0 aliphatic heterocycles. The van der Waals surface area contributed by atoms with Crippen LogP contribution in [0.25, 0.3) is 0 Å². The molecule has 0 fully saturated rings. The van der Waals surface area contributed by atoms with Crippen molar-refractivity contribution in [1.29, 1.82) is 0 Å². The van der Waals surface area contributed by atoms with Crippen LogP contribution in [0.5, 0.6) is 0 Å². The highest BCUT2D eigenvalue weighted by atomic mass is 35.5. The van der Waals surface area contributed by atoms with Gasteiger partial charge in [-0.05, 0) is 42.0 Å². The lowest BCUT2D eigenvalue weighted by Gasteiger charge is -2.10. The maximum atomic E-state index is 12.4. The largest absolute Gasteiger partial charge is 0.394 e. The maximum Gasteiger partial charge on any atom is 0.206 e. The highest BCUT2D eigenvalue weighted by Crippen LogP contribution is 2.23. The van der Waals surface area contributed by atoms with Crippen LogP contribution in [0.4, 0.5) is 0 Å². The zero-order chi connectivity index (χ0) is 14.8. The lowest BCUT2D eigenvalue weighted by atomic mass is 10.1. The molecule has 0 saturated heterocycles. The van der Waals surface area contributed by atoms with Crippen molar-refractivity contribution in [3.63, 3.8) is 0 Å². The summed E-state index contributed by atoms with van der Waals surface area (Å²) in [4.78, 5) is 0.356. The fourth-order valence-corrected chi connectivity index (χ4v) is 3.14. The van der Waals surface area contributed by atoms with Gasteiger partial charge in [0.1, 0.15) is 0 Å². The van der Waals surface area contributed by atoms with E-state index in [1.807, 2.05) is 0 Å². The molecule has 2 aromatic rings. The molecule has 0 amide bonds. The normalized spacial score (nSPS) is 13.2. The van der Waals surface area contributed by atoms with Crippen LogP contribution in [0.2, 0.25) is 5.02 Å². The molecule has 0 spiro atoms. The zero-order valence-electron chi connectivity index (χ0n) is 10.5. The molecular formula is C14H14ClNO3S. The van der Waals surface area contributed by atoms with Gasteiger partial charge in [-0.1, -0.05) is 23.7 Å². The molecule has 3 N–H and O–H groups in total. The minimum absolute atomic E-state index is 0.175. The summed E-state index contributed by atoms with van der Waals surface area (Å²) in [6.07, 6.45) is 0. The molecule has 0 aromatic heterocycles. The van der Waals surface area contributed by atoms with E-state index in [4.69, 9.17) is 22.4 Å². The summed E-state index contributed by atoms with van der Waals surface area (Å²) < 4.78 is 24.7. The monoisotopic (exact) mass is 311 g/mol. The number of hydrogen-bond donors (Lipinski definition) is 2. The van der Waals surface area contributed by atoms with Gasteiger partial charge >= 0.3 is 0 Å². The molecule has 2 rings (SSSR count). The average Bonchev–Trinajstić information content (AvgIpc) is 2.47. The van der Waals surface area contributed by atoms with Crippen molar-refractivity contribution in [3.05, 3.63) is 59.1 Å². The second kappa shape index (κ2) is 5.93. The van der Waals surface area contributed by atoms with Gasteiger partial charge in [0.25, 0.3) is 0 Å². The molecule has 0 aliphatic rings. The van der Waals surface area contributed by atoms with Gasteiger partial charge in [-0.2, -0.15) is 0 Å². The van der Waals surface area contributed by atoms with Crippen molar-refractivity contribution >= 4 is 21.4 Å². The highest BCUT2D eigenvalue weighted by Gasteiger charge is 2.17. The summed E-state index contributed by atoms with van der Waals surface area (Å²) in [6, 6.07) is 11.6. The third kappa shape index (κ3) is 3.02. The molecule has 20 heavy (non-hydrogen) atoms. The number of rotatable bonds is 4. The molecule has 2 aromatic carbocycles. The van der Waals surface area contributed by atoms with Gasteiger partial charge in [0.05, 0.1) is 22.4 Å². The van der Waals surface area contributed by atoms with Crippen LogP contribution < -0.4 is 5.73 Å². The van der Waals surface area contributed by atoms with Crippen molar-refractivity contribution in [3.8, 4) is 0 Å². The Bertz CT molecular complexity index is 681. The minimum atomic E-state index is -3.57. The van der Waals surface area contributed by atoms with Gasteiger partial charge in [-0.3, -0.25) is 0 Å². The predicted molar refractivity (Wildman–Crippen MR) is 77.4 cm³/mol. The Morgan fingerprint density at radius 3 is 1.90 bits per heavy atom. The summed E-state index contributed by atoms with van der Waals surface area (Å²) in [5.74, 6) is 0. The summed E-state index contributed by atoms with van der Waals surface area (Å²) in [6.45, 7) is -0.191. The van der Waals surface area contributed by atoms with Crippen LogP contribution in [-0.4, -0.2) is 20.1 Å². The second-order valence-electron chi connectivity index (χ2n) is 4.32. The van der Waals surface area contributed by atoms with E-state index in [1.165, 1.54) is 36.4 Å². The molecule has 0 unspecified atom stereocenters. The van der Waals surface area contributed by atoms with Crippen molar-refractivity contribution in [2.45, 2.75) is 15.8 Å². The second-order valence-corrected chi connectivity index (χ2v) is 6.70. The molecule has 6 heteroatoms. The lowest BCUT2D eigenvalue weighted by Crippen LogP contribution is -2.14. The first-order chi connectivity index (χ1) is 9.45. The van der Waals surface area contributed by atoms with Crippen molar-refractivity contribution in [2.24, 2.45) is 5.73 Å². The summed E-state index contributed by atoms with van der Waals surface area (Å²) in [5.41, 5.74) is 6.35. The molecule has 0 heterocycles. The first-order valence-corrected chi connectivity index (χ1v) is 7.78. The Kier molecular flexibility index (Phi) is 4.45. The molecule has 0 saturated carbocycles. The van der Waals surface area contributed by atoms with Crippen LogP contribution in [0, 0.1) is 0 Å². The molecular weight excluding hydrogens is 298 g/mol. The van der Waals surface area contributed by atoms with E-state index in [9.17, 15) is 8.42 Å². The standard InChI is InChI=1S/C14H14ClNO3S/c15-11-3-7-13(8-4-11)20(18,19)12-5-1-10(2-6-12)14(16)9-17/h1-8,14,17H,9,16H2/t14-/m1/s1. The van der Waals surface area contributed by atoms with E-state index in [-0.39, 0.29) is 16.4 Å². The van der Waals surface area contributed by atoms with Crippen LogP contribution in [0.15, 0.2) is 58.3 Å². The summed E-state index contributed by atoms with van der Waals surface area (Å²) >= 11 is 5.75. The number of nitrogens with two attached hydrogens (primary N) is 1. The Labute approximate surface area is 122 Å². The zero-order valence-corrected chi connectivity index (χ0v) is 12.1. The first-order valence-electron chi connectivity index (χ1n) is 5.92. The Balaban J connectivity index is 2.37. The number of aliphatic hydroxyl groups is 1. The quantitative estimate of drug-likeness (QED) is 0.906. The van der Waals surface area contributed by atoms with Gasteiger partial charge in [0.2, 0.25) is 9.84 Å². The van der Waals surface area contributed by atoms with Gasteiger partial charge < -0.3 is 10.8 Å². The molecule has 106 valence electrons. The fourth-order valence-electron chi connectivity index (χ4n) is 1.75. The Hall–Kier alpha value is -1.40. The molecule has 0 radical (unpaired) electrons. The van der Waals surface area contributed by atoms with Crippen molar-refractivity contribution in [2.75, 3.05) is 6.61 Å². The topological polar surface area (TPSA) is 80.4 Å². The van der Waals surface area contributed by atoms with E-state index >= 15 is 0 Å². The number of sulfone groups is 1. The molecule has 1 atom stereocenters. The summed E-state index contributed by atoms with van der Waals surface area (Å²) in [5, 5.41) is 9.45. The van der Waals surface area contributed by atoms with E-state index in [2.05, 4.69) is 0 Å². The molecule has 0 aliphatic carbocycles. The molecule has 4 nitrogen and oxygen atoms in total. The minimum Gasteiger partial charge on any atom is -0.394 e. The average molecular weight is 312 g/mol. The van der Waals surface area contributed by atoms with E-state index in [1.54, 1.807) is 12.1 Å². The van der Waals surface area contributed by atoms with Crippen molar-refractivity contribution < 1.29 is 13.5 Å². The van der Waals surface area contributed by atoms with Gasteiger partial charge in [-0.15, -0.1) is 0 Å². The number of halogens is 1. The van der Waals surface area contributed by atoms with Crippen molar-refractivity contribution in [1.82, 2.24) is 0 Å². The van der Waals surface area contributed by atoms with Gasteiger partial charge in [0.15, 0.2) is 0 Å². The maximum absolute atomic E-state index is 12.4. The summed E-state index contributed by atoms with van der Waals surface area (Å²) in [7, 11) is -3.57. The Morgan fingerprint density at radius 2 is 1.45 bits per heavy atom. The van der Waals surface area contributed by atoms with Crippen LogP contribution in [0.3, 0.4) is 0 Å². The number of aliphatic hydroxyl groups excluding tert-OH is 1. The highest BCUT2D eigenvalue weighted by molar-refractivity contribution is 7.91. The van der Waals surface area contributed by atoms with E-state index in [0.717, 1.165) is 0 Å². The molecule has 0 bridgehead atoms. The van der Waals surface area contributed by atoms with E-state index in [0.29, 0.717) is 10.6 Å². The number of hydrogen-bond acceptors (Lipinski definition) is 4. The third-order valence-electron chi connectivity index (χ3n) is 2.94. The van der Waals surface area contributed by atoms with Crippen LogP contribution in [0.1, 0.15) is 11.6 Å². The third-order valence-corrected chi connectivity index (χ3v) is 4.98. The first kappa shape index (κ1) is 15.0. The number of benzene rings is 2. The van der Waals surface area contributed by atoms with Crippen LogP contribution in [-0.2, 0) is 9.84 Å². The van der Waals surface area contributed by atoms with E-state index < -0.39 is 15.9 Å². The Morgan fingerprint density at radius 1 is 1.00 bits per heavy atom.